The molecule has 0 radical (unpaired) electrons. The molecule has 0 unspecified atom stereocenters. The first-order chi connectivity index (χ1) is 12.0. The van der Waals surface area contributed by atoms with Crippen molar-refractivity contribution in [3.05, 3.63) is 18.2 Å². The van der Waals surface area contributed by atoms with E-state index in [1.165, 1.54) is 0 Å². The molecule has 1 amide bonds. The van der Waals surface area contributed by atoms with Crippen LogP contribution in [0.5, 0.6) is 0 Å². The molecule has 2 aliphatic heterocycles. The van der Waals surface area contributed by atoms with E-state index < -0.39 is 0 Å². The van der Waals surface area contributed by atoms with Crippen molar-refractivity contribution in [1.29, 1.82) is 0 Å². The van der Waals surface area contributed by atoms with E-state index in [1.807, 2.05) is 33.5 Å². The van der Waals surface area contributed by atoms with Crippen LogP contribution in [0.1, 0.15) is 18.7 Å². The van der Waals surface area contributed by atoms with Gasteiger partial charge in [-0.25, -0.2) is 4.98 Å². The van der Waals surface area contributed by atoms with Crippen molar-refractivity contribution < 1.29 is 9.53 Å². The van der Waals surface area contributed by atoms with Gasteiger partial charge in [0.1, 0.15) is 5.82 Å². The summed E-state index contributed by atoms with van der Waals surface area (Å²) in [6.07, 6.45) is 5.96. The second-order valence-electron chi connectivity index (χ2n) is 7.46. The van der Waals surface area contributed by atoms with E-state index in [9.17, 15) is 4.79 Å². The number of carbonyl (C=O) groups excluding carboxylic acids is 1. The Balaban J connectivity index is 1.72. The van der Waals surface area contributed by atoms with Crippen LogP contribution in [-0.4, -0.2) is 89.7 Å². The first-order valence-corrected chi connectivity index (χ1v) is 9.26. The van der Waals surface area contributed by atoms with Crippen molar-refractivity contribution in [2.45, 2.75) is 25.4 Å². The molecule has 2 fully saturated rings. The highest BCUT2D eigenvalue weighted by molar-refractivity contribution is 5.78. The van der Waals surface area contributed by atoms with Crippen molar-refractivity contribution in [1.82, 2.24) is 24.3 Å². The minimum Gasteiger partial charge on any atom is -0.381 e. The lowest BCUT2D eigenvalue weighted by molar-refractivity contribution is -0.134. The maximum absolute atomic E-state index is 12.7. The van der Waals surface area contributed by atoms with Crippen LogP contribution < -0.4 is 0 Å². The molecule has 1 atom stereocenters. The Bertz CT molecular complexity index is 568. The van der Waals surface area contributed by atoms with Crippen LogP contribution in [0.15, 0.2) is 12.4 Å². The Hall–Kier alpha value is -1.44. The van der Waals surface area contributed by atoms with Crippen LogP contribution in [0.2, 0.25) is 0 Å². The first-order valence-electron chi connectivity index (χ1n) is 9.26. The van der Waals surface area contributed by atoms with Crippen LogP contribution in [0, 0.1) is 5.92 Å². The molecule has 0 bridgehead atoms. The summed E-state index contributed by atoms with van der Waals surface area (Å²) in [5.74, 6) is 1.29. The van der Waals surface area contributed by atoms with E-state index in [0.29, 0.717) is 6.04 Å². The molecule has 7 nitrogen and oxygen atoms in total. The van der Waals surface area contributed by atoms with E-state index in [4.69, 9.17) is 4.74 Å². The molecule has 1 aromatic heterocycles. The van der Waals surface area contributed by atoms with Crippen LogP contribution in [-0.2, 0) is 23.1 Å². The summed E-state index contributed by atoms with van der Waals surface area (Å²) in [5.41, 5.74) is 0. The largest absolute Gasteiger partial charge is 0.381 e. The SMILES string of the molecule is CN(C)C(=O)[C@H]1CN(Cc2nccn2C)CCN(C2CCOCC2)C1. The number of nitrogens with zero attached hydrogens (tertiary/aromatic N) is 5. The molecule has 0 aliphatic carbocycles. The smallest absolute Gasteiger partial charge is 0.227 e. The van der Waals surface area contributed by atoms with Crippen molar-refractivity contribution in [2.75, 3.05) is 53.5 Å². The number of rotatable bonds is 4. The van der Waals surface area contributed by atoms with Gasteiger partial charge in [0.05, 0.1) is 12.5 Å². The van der Waals surface area contributed by atoms with Crippen molar-refractivity contribution in [2.24, 2.45) is 13.0 Å². The highest BCUT2D eigenvalue weighted by Crippen LogP contribution is 2.20. The van der Waals surface area contributed by atoms with Gasteiger partial charge in [-0.2, -0.15) is 0 Å². The summed E-state index contributed by atoms with van der Waals surface area (Å²) in [7, 11) is 5.74. The Morgan fingerprint density at radius 2 is 2.04 bits per heavy atom. The van der Waals surface area contributed by atoms with Crippen LogP contribution in [0.25, 0.3) is 0 Å². The summed E-state index contributed by atoms with van der Waals surface area (Å²) < 4.78 is 7.57. The molecule has 3 rings (SSSR count). The average Bonchev–Trinajstić information content (AvgIpc) is 2.90. The zero-order valence-electron chi connectivity index (χ0n) is 15.7. The van der Waals surface area contributed by atoms with Crippen LogP contribution >= 0.6 is 0 Å². The van der Waals surface area contributed by atoms with Gasteiger partial charge >= 0.3 is 0 Å². The summed E-state index contributed by atoms with van der Waals surface area (Å²) >= 11 is 0. The minimum absolute atomic E-state index is 0.0145. The van der Waals surface area contributed by atoms with Gasteiger partial charge in [-0.1, -0.05) is 0 Å². The molecule has 0 N–H and O–H groups in total. The highest BCUT2D eigenvalue weighted by Gasteiger charge is 2.32. The molecule has 0 aromatic carbocycles. The lowest BCUT2D eigenvalue weighted by Crippen LogP contribution is -2.45. The Kier molecular flexibility index (Phi) is 6.09. The van der Waals surface area contributed by atoms with E-state index in [-0.39, 0.29) is 11.8 Å². The number of aryl methyl sites for hydroxylation is 1. The molecular formula is C18H31N5O2. The molecule has 1 aromatic rings. The molecule has 3 heterocycles. The normalized spacial score (nSPS) is 24.2. The topological polar surface area (TPSA) is 53.8 Å². The predicted octanol–water partition coefficient (Wildman–Crippen LogP) is 0.421. The van der Waals surface area contributed by atoms with Gasteiger partial charge in [0.25, 0.3) is 0 Å². The molecule has 25 heavy (non-hydrogen) atoms. The molecule has 0 spiro atoms. The van der Waals surface area contributed by atoms with E-state index in [0.717, 1.165) is 64.6 Å². The lowest BCUT2D eigenvalue weighted by Gasteiger charge is -2.34. The van der Waals surface area contributed by atoms with Gasteiger partial charge in [0.2, 0.25) is 5.91 Å². The second kappa shape index (κ2) is 8.29. The van der Waals surface area contributed by atoms with Crippen LogP contribution in [0.3, 0.4) is 0 Å². The van der Waals surface area contributed by atoms with E-state index in [2.05, 4.69) is 19.4 Å². The van der Waals surface area contributed by atoms with E-state index >= 15 is 0 Å². The molecule has 2 aliphatic rings. The zero-order valence-corrected chi connectivity index (χ0v) is 15.7. The number of amides is 1. The summed E-state index contributed by atoms with van der Waals surface area (Å²) in [4.78, 5) is 23.8. The third kappa shape index (κ3) is 4.59. The number of carbonyl (C=O) groups is 1. The first kappa shape index (κ1) is 18.4. The Morgan fingerprint density at radius 1 is 1.28 bits per heavy atom. The third-order valence-corrected chi connectivity index (χ3v) is 5.42. The quantitative estimate of drug-likeness (QED) is 0.789. The van der Waals surface area contributed by atoms with Gasteiger partial charge in [0.15, 0.2) is 0 Å². The van der Waals surface area contributed by atoms with Gasteiger partial charge in [-0.15, -0.1) is 0 Å². The van der Waals surface area contributed by atoms with Gasteiger partial charge in [0, 0.05) is 79.0 Å². The molecule has 140 valence electrons. The number of hydrogen-bond donors (Lipinski definition) is 0. The predicted molar refractivity (Wildman–Crippen MR) is 96.1 cm³/mol. The van der Waals surface area contributed by atoms with E-state index in [1.54, 1.807) is 4.90 Å². The third-order valence-electron chi connectivity index (χ3n) is 5.42. The summed E-state index contributed by atoms with van der Waals surface area (Å²) in [6, 6.07) is 0.541. The maximum atomic E-state index is 12.7. The summed E-state index contributed by atoms with van der Waals surface area (Å²) in [5, 5.41) is 0. The Morgan fingerprint density at radius 3 is 2.68 bits per heavy atom. The second-order valence-corrected chi connectivity index (χ2v) is 7.46. The van der Waals surface area contributed by atoms with Gasteiger partial charge in [-0.05, 0) is 12.8 Å². The molecule has 0 saturated carbocycles. The van der Waals surface area contributed by atoms with Crippen molar-refractivity contribution in [3.8, 4) is 0 Å². The fourth-order valence-electron chi connectivity index (χ4n) is 3.90. The minimum atomic E-state index is 0.0145. The molecule has 7 heteroatoms. The number of ether oxygens (including phenoxy) is 1. The average molecular weight is 349 g/mol. The molecule has 2 saturated heterocycles. The number of imidazole rings is 1. The zero-order chi connectivity index (χ0) is 17.8. The fourth-order valence-corrected chi connectivity index (χ4v) is 3.90. The molecular weight excluding hydrogens is 318 g/mol. The summed E-state index contributed by atoms with van der Waals surface area (Å²) in [6.45, 7) is 6.09. The number of hydrogen-bond acceptors (Lipinski definition) is 5. The lowest BCUT2D eigenvalue weighted by atomic mass is 10.0. The van der Waals surface area contributed by atoms with Crippen molar-refractivity contribution >= 4 is 5.91 Å². The van der Waals surface area contributed by atoms with Crippen LogP contribution in [0.4, 0.5) is 0 Å². The Labute approximate surface area is 150 Å². The van der Waals surface area contributed by atoms with Crippen molar-refractivity contribution in [3.63, 3.8) is 0 Å². The van der Waals surface area contributed by atoms with Gasteiger partial charge < -0.3 is 14.2 Å². The number of aromatic nitrogens is 2. The van der Waals surface area contributed by atoms with Gasteiger partial charge in [-0.3, -0.25) is 14.6 Å². The maximum Gasteiger partial charge on any atom is 0.227 e. The monoisotopic (exact) mass is 349 g/mol. The standard InChI is InChI=1S/C18H31N5O2/c1-20(2)18(24)15-12-22(14-17-19-6-7-21(17)3)8-9-23(13-15)16-4-10-25-11-5-16/h6-7,15-16H,4-5,8-14H2,1-3H3/t15-/m0/s1. The fraction of sp³-hybridized carbons (Fsp3) is 0.778. The highest BCUT2D eigenvalue weighted by atomic mass is 16.5.